The van der Waals surface area contributed by atoms with Gasteiger partial charge in [-0.15, -0.1) is 0 Å². The van der Waals surface area contributed by atoms with Gasteiger partial charge in [-0.3, -0.25) is 0 Å². The summed E-state index contributed by atoms with van der Waals surface area (Å²) in [6.45, 7) is 2.17. The van der Waals surface area contributed by atoms with Crippen LogP contribution in [0.15, 0.2) is 41.3 Å². The number of ether oxygens (including phenoxy) is 3. The van der Waals surface area contributed by atoms with Crippen molar-refractivity contribution in [3.8, 4) is 22.8 Å². The number of carbonyl (C=O) groups is 1. The van der Waals surface area contributed by atoms with Crippen LogP contribution in [0.3, 0.4) is 0 Å². The molecule has 8 heteroatoms. The fraction of sp³-hybridized carbons (Fsp3) is 0.316. The van der Waals surface area contributed by atoms with E-state index in [1.165, 1.54) is 6.33 Å². The van der Waals surface area contributed by atoms with E-state index in [0.29, 0.717) is 23.6 Å². The molecule has 0 amide bonds. The van der Waals surface area contributed by atoms with E-state index in [0.717, 1.165) is 16.9 Å². The zero-order valence-corrected chi connectivity index (χ0v) is 15.0. The van der Waals surface area contributed by atoms with Crippen LogP contribution in [-0.2, 0) is 9.53 Å². The number of nitrogens with zero attached hydrogens (tertiary/aromatic N) is 2. The van der Waals surface area contributed by atoms with Crippen molar-refractivity contribution < 1.29 is 28.5 Å². The summed E-state index contributed by atoms with van der Waals surface area (Å²) in [5.74, 6) is 0.160. The molecule has 0 unspecified atom stereocenters. The number of methoxy groups -OCH3 is 1. The van der Waals surface area contributed by atoms with Gasteiger partial charge in [0.2, 0.25) is 11.6 Å². The summed E-state index contributed by atoms with van der Waals surface area (Å²) in [5.41, 5.74) is 2.17. The standard InChI is InChI=1S/C19H20N2O6/c1-12(7-25-10-16(22)23)8-26-18-17-15(9-27-19(17)21-11-20-18)13-3-5-14(24-2)6-4-13/h3-6,9,11-12H,7-8,10H2,1-2H3,(H,22,23)/t12-/m1/s1. The fourth-order valence-electron chi connectivity index (χ4n) is 2.56. The Kier molecular flexibility index (Phi) is 5.87. The van der Waals surface area contributed by atoms with E-state index < -0.39 is 5.97 Å². The predicted molar refractivity (Wildman–Crippen MR) is 96.9 cm³/mol. The van der Waals surface area contributed by atoms with E-state index in [4.69, 9.17) is 23.7 Å². The summed E-state index contributed by atoms with van der Waals surface area (Å²) >= 11 is 0. The smallest absolute Gasteiger partial charge is 0.329 e. The molecule has 0 aliphatic rings. The third kappa shape index (κ3) is 4.53. The van der Waals surface area contributed by atoms with Crippen LogP contribution in [0.25, 0.3) is 22.2 Å². The Balaban J connectivity index is 1.77. The van der Waals surface area contributed by atoms with E-state index in [1.807, 2.05) is 31.2 Å². The lowest BCUT2D eigenvalue weighted by molar-refractivity contribution is -0.142. The molecule has 0 fully saturated rings. The Morgan fingerprint density at radius 2 is 2.00 bits per heavy atom. The average molecular weight is 372 g/mol. The van der Waals surface area contributed by atoms with Gasteiger partial charge in [-0.25, -0.2) is 14.8 Å². The minimum absolute atomic E-state index is 0.00861. The van der Waals surface area contributed by atoms with E-state index in [1.54, 1.807) is 13.4 Å². The molecule has 0 aliphatic carbocycles. The van der Waals surface area contributed by atoms with Crippen molar-refractivity contribution >= 4 is 17.1 Å². The van der Waals surface area contributed by atoms with Crippen LogP contribution in [0.1, 0.15) is 6.92 Å². The second kappa shape index (κ2) is 8.50. The SMILES string of the molecule is COc1ccc(-c2coc3ncnc(OC[C@H](C)COCC(=O)O)c23)cc1. The summed E-state index contributed by atoms with van der Waals surface area (Å²) in [6.07, 6.45) is 3.00. The van der Waals surface area contributed by atoms with Gasteiger partial charge >= 0.3 is 5.97 Å². The molecular weight excluding hydrogens is 352 g/mol. The number of carboxylic acid groups (broad SMARTS) is 1. The molecule has 0 spiro atoms. The number of fused-ring (bicyclic) bond motifs is 1. The predicted octanol–water partition coefficient (Wildman–Crippen LogP) is 3.01. The third-order valence-electron chi connectivity index (χ3n) is 3.87. The number of rotatable bonds is 9. The normalized spacial score (nSPS) is 12.1. The Morgan fingerprint density at radius 1 is 1.22 bits per heavy atom. The molecule has 142 valence electrons. The minimum atomic E-state index is -0.997. The Bertz CT molecular complexity index is 906. The number of benzene rings is 1. The van der Waals surface area contributed by atoms with Gasteiger partial charge in [0, 0.05) is 11.5 Å². The lowest BCUT2D eigenvalue weighted by Crippen LogP contribution is -2.18. The van der Waals surface area contributed by atoms with Gasteiger partial charge in [0.25, 0.3) is 0 Å². The first-order valence-corrected chi connectivity index (χ1v) is 8.37. The van der Waals surface area contributed by atoms with Gasteiger partial charge < -0.3 is 23.7 Å². The Hall–Kier alpha value is -3.13. The number of aliphatic carboxylic acids is 1. The van der Waals surface area contributed by atoms with Crippen LogP contribution in [0, 0.1) is 5.92 Å². The first kappa shape index (κ1) is 18.7. The van der Waals surface area contributed by atoms with Crippen LogP contribution < -0.4 is 9.47 Å². The van der Waals surface area contributed by atoms with Gasteiger partial charge in [0.05, 0.1) is 20.3 Å². The first-order valence-electron chi connectivity index (χ1n) is 8.37. The first-order chi connectivity index (χ1) is 13.1. The highest BCUT2D eigenvalue weighted by Gasteiger charge is 2.17. The van der Waals surface area contributed by atoms with Crippen molar-refractivity contribution in [3.05, 3.63) is 36.9 Å². The molecule has 8 nitrogen and oxygen atoms in total. The van der Waals surface area contributed by atoms with Gasteiger partial charge in [0.1, 0.15) is 30.3 Å². The molecule has 2 heterocycles. The highest BCUT2D eigenvalue weighted by Crippen LogP contribution is 2.35. The van der Waals surface area contributed by atoms with Gasteiger partial charge in [-0.2, -0.15) is 0 Å². The van der Waals surface area contributed by atoms with Crippen molar-refractivity contribution in [2.24, 2.45) is 5.92 Å². The number of hydrogen-bond acceptors (Lipinski definition) is 7. The third-order valence-corrected chi connectivity index (χ3v) is 3.87. The molecule has 0 aliphatic heterocycles. The van der Waals surface area contributed by atoms with E-state index in [-0.39, 0.29) is 19.1 Å². The van der Waals surface area contributed by atoms with Crippen molar-refractivity contribution in [3.63, 3.8) is 0 Å². The van der Waals surface area contributed by atoms with Crippen LogP contribution >= 0.6 is 0 Å². The van der Waals surface area contributed by atoms with Crippen LogP contribution in [0.4, 0.5) is 0 Å². The van der Waals surface area contributed by atoms with Crippen molar-refractivity contribution in [2.45, 2.75) is 6.92 Å². The van der Waals surface area contributed by atoms with Crippen LogP contribution in [0.5, 0.6) is 11.6 Å². The minimum Gasteiger partial charge on any atom is -0.497 e. The quantitative estimate of drug-likeness (QED) is 0.611. The molecule has 0 saturated heterocycles. The largest absolute Gasteiger partial charge is 0.497 e. The number of hydrogen-bond donors (Lipinski definition) is 1. The summed E-state index contributed by atoms with van der Waals surface area (Å²) in [4.78, 5) is 18.9. The summed E-state index contributed by atoms with van der Waals surface area (Å²) < 4.78 is 21.7. The van der Waals surface area contributed by atoms with Gasteiger partial charge in [-0.05, 0) is 17.7 Å². The highest BCUT2D eigenvalue weighted by atomic mass is 16.5. The number of furan rings is 1. The van der Waals surface area contributed by atoms with Crippen molar-refractivity contribution in [1.82, 2.24) is 9.97 Å². The summed E-state index contributed by atoms with van der Waals surface area (Å²) in [5, 5.41) is 9.29. The number of aromatic nitrogens is 2. The maximum Gasteiger partial charge on any atom is 0.329 e. The Labute approximate surface area is 155 Å². The van der Waals surface area contributed by atoms with E-state index >= 15 is 0 Å². The second-order valence-corrected chi connectivity index (χ2v) is 6.06. The lowest BCUT2D eigenvalue weighted by atomic mass is 10.1. The highest BCUT2D eigenvalue weighted by molar-refractivity contribution is 5.95. The molecule has 3 aromatic rings. The topological polar surface area (TPSA) is 104 Å². The monoisotopic (exact) mass is 372 g/mol. The molecule has 0 bridgehead atoms. The van der Waals surface area contributed by atoms with Gasteiger partial charge in [-0.1, -0.05) is 19.1 Å². The molecule has 27 heavy (non-hydrogen) atoms. The van der Waals surface area contributed by atoms with Crippen molar-refractivity contribution in [2.75, 3.05) is 26.9 Å². The molecule has 1 aromatic carbocycles. The molecule has 0 saturated carbocycles. The molecular formula is C19H20N2O6. The zero-order valence-electron chi connectivity index (χ0n) is 15.0. The number of carboxylic acids is 1. The second-order valence-electron chi connectivity index (χ2n) is 6.06. The van der Waals surface area contributed by atoms with Crippen LogP contribution in [-0.4, -0.2) is 48.0 Å². The van der Waals surface area contributed by atoms with Crippen LogP contribution in [0.2, 0.25) is 0 Å². The summed E-state index contributed by atoms with van der Waals surface area (Å²) in [6, 6.07) is 7.56. The average Bonchev–Trinajstić information content (AvgIpc) is 3.11. The molecule has 1 atom stereocenters. The fourth-order valence-corrected chi connectivity index (χ4v) is 2.56. The maximum absolute atomic E-state index is 10.5. The lowest BCUT2D eigenvalue weighted by Gasteiger charge is -2.13. The Morgan fingerprint density at radius 3 is 2.70 bits per heavy atom. The van der Waals surface area contributed by atoms with Crippen molar-refractivity contribution in [1.29, 1.82) is 0 Å². The zero-order chi connectivity index (χ0) is 19.2. The summed E-state index contributed by atoms with van der Waals surface area (Å²) in [7, 11) is 1.61. The molecule has 2 aromatic heterocycles. The van der Waals surface area contributed by atoms with E-state index in [9.17, 15) is 4.79 Å². The van der Waals surface area contributed by atoms with E-state index in [2.05, 4.69) is 9.97 Å². The molecule has 3 rings (SSSR count). The van der Waals surface area contributed by atoms with Gasteiger partial charge in [0.15, 0.2) is 0 Å². The maximum atomic E-state index is 10.5. The molecule has 0 radical (unpaired) electrons. The molecule has 1 N–H and O–H groups in total.